The lowest BCUT2D eigenvalue weighted by Crippen LogP contribution is -2.32. The van der Waals surface area contributed by atoms with E-state index in [2.05, 4.69) is 17.1 Å². The molecule has 0 aliphatic carbocycles. The highest BCUT2D eigenvalue weighted by Gasteiger charge is 2.15. The maximum absolute atomic E-state index is 12.6. The molecule has 0 fully saturated rings. The second-order valence-electron chi connectivity index (χ2n) is 8.29. The molecule has 1 amide bonds. The molecule has 1 heterocycles. The fraction of sp³-hybridized carbons (Fsp3) is 0.200. The van der Waals surface area contributed by atoms with Crippen molar-refractivity contribution < 1.29 is 18.7 Å². The predicted octanol–water partition coefficient (Wildman–Crippen LogP) is 6.94. The zero-order valence-electron chi connectivity index (χ0n) is 20.8. The molecule has 0 aliphatic rings. The summed E-state index contributed by atoms with van der Waals surface area (Å²) in [5.41, 5.74) is 4.00. The highest BCUT2D eigenvalue weighted by Crippen LogP contribution is 2.22. The fourth-order valence-electron chi connectivity index (χ4n) is 3.70. The van der Waals surface area contributed by atoms with Crippen molar-refractivity contribution in [2.45, 2.75) is 26.8 Å². The van der Waals surface area contributed by atoms with Crippen LogP contribution < -0.4 is 9.47 Å². The summed E-state index contributed by atoms with van der Waals surface area (Å²) in [6.07, 6.45) is 4.45. The van der Waals surface area contributed by atoms with Crippen molar-refractivity contribution in [2.75, 3.05) is 13.7 Å². The second-order valence-corrected chi connectivity index (χ2v) is 8.29. The molecule has 0 spiro atoms. The Balaban J connectivity index is 1.32. The lowest BCUT2D eigenvalue weighted by atomic mass is 10.1. The van der Waals surface area contributed by atoms with E-state index in [1.165, 1.54) is 0 Å². The van der Waals surface area contributed by atoms with Gasteiger partial charge < -0.3 is 18.8 Å². The first kappa shape index (κ1) is 24.8. The monoisotopic (exact) mass is 482 g/mol. The van der Waals surface area contributed by atoms with Crippen molar-refractivity contribution >= 4 is 12.2 Å². The Kier molecular flexibility index (Phi) is 8.19. The number of ether oxygens (including phenoxy) is 2. The Hall–Kier alpha value is -4.32. The van der Waals surface area contributed by atoms with E-state index in [1.807, 2.05) is 68.4 Å². The van der Waals surface area contributed by atoms with E-state index in [4.69, 9.17) is 13.9 Å². The molecule has 0 aliphatic heterocycles. The van der Waals surface area contributed by atoms with Crippen LogP contribution in [0.25, 0.3) is 17.5 Å². The van der Waals surface area contributed by atoms with Crippen molar-refractivity contribution in [1.82, 2.24) is 9.88 Å². The van der Waals surface area contributed by atoms with Gasteiger partial charge in [-0.3, -0.25) is 0 Å². The van der Waals surface area contributed by atoms with E-state index in [0.717, 1.165) is 28.1 Å². The summed E-state index contributed by atoms with van der Waals surface area (Å²) in [5, 5.41) is 0. The van der Waals surface area contributed by atoms with Crippen LogP contribution in [0.3, 0.4) is 0 Å². The minimum Gasteiger partial charge on any atom is -0.497 e. The molecule has 6 heteroatoms. The minimum absolute atomic E-state index is 0.385. The minimum atomic E-state index is -0.385. The molecule has 0 atom stereocenters. The van der Waals surface area contributed by atoms with Crippen LogP contribution in [-0.4, -0.2) is 29.6 Å². The summed E-state index contributed by atoms with van der Waals surface area (Å²) in [4.78, 5) is 18.9. The number of hydrogen-bond donors (Lipinski definition) is 0. The molecular weight excluding hydrogens is 452 g/mol. The summed E-state index contributed by atoms with van der Waals surface area (Å²) < 4.78 is 16.5. The van der Waals surface area contributed by atoms with Gasteiger partial charge in [0.15, 0.2) is 0 Å². The quantitative estimate of drug-likeness (QED) is 0.259. The van der Waals surface area contributed by atoms with Crippen molar-refractivity contribution in [2.24, 2.45) is 0 Å². The van der Waals surface area contributed by atoms with E-state index >= 15 is 0 Å². The maximum Gasteiger partial charge on any atom is 0.415 e. The SMILES string of the molecule is CCN(Cc1ccc(/C=C\Cc2nc(-c3ccccc3)oc2C)cc1)C(=O)Oc1ccc(OC)cc1. The van der Waals surface area contributed by atoms with Crippen molar-refractivity contribution in [1.29, 1.82) is 0 Å². The van der Waals surface area contributed by atoms with Crippen molar-refractivity contribution in [3.05, 3.63) is 108 Å². The van der Waals surface area contributed by atoms with Gasteiger partial charge in [0.05, 0.1) is 12.8 Å². The third kappa shape index (κ3) is 6.42. The molecular formula is C30H30N2O4. The highest BCUT2D eigenvalue weighted by molar-refractivity contribution is 5.70. The number of benzene rings is 3. The Bertz CT molecular complexity index is 1290. The Morgan fingerprint density at radius 1 is 0.972 bits per heavy atom. The highest BCUT2D eigenvalue weighted by atomic mass is 16.6. The summed E-state index contributed by atoms with van der Waals surface area (Å²) in [7, 11) is 1.60. The molecule has 0 unspecified atom stereocenters. The van der Waals surface area contributed by atoms with Crippen LogP contribution in [0.15, 0.2) is 89.4 Å². The zero-order valence-corrected chi connectivity index (χ0v) is 20.8. The Labute approximate surface area is 211 Å². The molecule has 36 heavy (non-hydrogen) atoms. The fourth-order valence-corrected chi connectivity index (χ4v) is 3.70. The van der Waals surface area contributed by atoms with Gasteiger partial charge in [-0.2, -0.15) is 0 Å². The molecule has 0 saturated carbocycles. The molecule has 0 bridgehead atoms. The van der Waals surface area contributed by atoms with Crippen LogP contribution in [0, 0.1) is 6.92 Å². The van der Waals surface area contributed by atoms with E-state index in [9.17, 15) is 4.79 Å². The number of allylic oxidation sites excluding steroid dienone is 1. The Morgan fingerprint density at radius 3 is 2.33 bits per heavy atom. The normalized spacial score (nSPS) is 11.0. The van der Waals surface area contributed by atoms with E-state index in [1.54, 1.807) is 36.3 Å². The van der Waals surface area contributed by atoms with Crippen LogP contribution >= 0.6 is 0 Å². The number of oxazole rings is 1. The van der Waals surface area contributed by atoms with Gasteiger partial charge in [-0.25, -0.2) is 9.78 Å². The molecule has 184 valence electrons. The van der Waals surface area contributed by atoms with Crippen LogP contribution in [-0.2, 0) is 13.0 Å². The first-order chi connectivity index (χ1) is 17.6. The third-order valence-corrected chi connectivity index (χ3v) is 5.79. The number of nitrogens with zero attached hydrogens (tertiary/aromatic N) is 2. The smallest absolute Gasteiger partial charge is 0.415 e. The van der Waals surface area contributed by atoms with Crippen molar-refractivity contribution in [3.8, 4) is 23.0 Å². The molecule has 3 aromatic carbocycles. The van der Waals surface area contributed by atoms with Gasteiger partial charge in [-0.05, 0) is 61.4 Å². The summed E-state index contributed by atoms with van der Waals surface area (Å²) in [6.45, 7) is 4.88. The number of carbonyl (C=O) groups excluding carboxylic acids is 1. The van der Waals surface area contributed by atoms with Crippen LogP contribution in [0.5, 0.6) is 11.5 Å². The topological polar surface area (TPSA) is 64.8 Å². The first-order valence-electron chi connectivity index (χ1n) is 11.9. The van der Waals surface area contributed by atoms with Gasteiger partial charge in [0, 0.05) is 25.1 Å². The van der Waals surface area contributed by atoms with Gasteiger partial charge in [-0.15, -0.1) is 0 Å². The summed E-state index contributed by atoms with van der Waals surface area (Å²) in [5.74, 6) is 2.67. The second kappa shape index (κ2) is 11.9. The number of hydrogen-bond acceptors (Lipinski definition) is 5. The molecule has 1 aromatic heterocycles. The Morgan fingerprint density at radius 2 is 1.67 bits per heavy atom. The van der Waals surface area contributed by atoms with Gasteiger partial charge in [0.1, 0.15) is 17.3 Å². The largest absolute Gasteiger partial charge is 0.497 e. The predicted molar refractivity (Wildman–Crippen MR) is 141 cm³/mol. The van der Waals surface area contributed by atoms with Crippen LogP contribution in [0.2, 0.25) is 0 Å². The van der Waals surface area contributed by atoms with Crippen LogP contribution in [0.1, 0.15) is 29.5 Å². The number of amides is 1. The molecule has 0 N–H and O–H groups in total. The van der Waals surface area contributed by atoms with E-state index in [0.29, 0.717) is 36.9 Å². The first-order valence-corrected chi connectivity index (χ1v) is 11.9. The van der Waals surface area contributed by atoms with Crippen molar-refractivity contribution in [3.63, 3.8) is 0 Å². The van der Waals surface area contributed by atoms with Gasteiger partial charge in [-0.1, -0.05) is 54.6 Å². The molecule has 6 nitrogen and oxygen atoms in total. The average Bonchev–Trinajstić information content (AvgIpc) is 3.29. The van der Waals surface area contributed by atoms with Gasteiger partial charge >= 0.3 is 6.09 Å². The summed E-state index contributed by atoms with van der Waals surface area (Å²) >= 11 is 0. The molecule has 4 rings (SSSR count). The maximum atomic E-state index is 12.6. The van der Waals surface area contributed by atoms with Crippen LogP contribution in [0.4, 0.5) is 4.79 Å². The number of rotatable bonds is 9. The number of aromatic nitrogens is 1. The number of aryl methyl sites for hydroxylation is 1. The zero-order chi connectivity index (χ0) is 25.3. The molecule has 0 saturated heterocycles. The average molecular weight is 483 g/mol. The van der Waals surface area contributed by atoms with E-state index < -0.39 is 0 Å². The number of carbonyl (C=O) groups is 1. The molecule has 4 aromatic rings. The van der Waals surface area contributed by atoms with Gasteiger partial charge in [0.2, 0.25) is 5.89 Å². The van der Waals surface area contributed by atoms with E-state index in [-0.39, 0.29) is 6.09 Å². The number of methoxy groups -OCH3 is 1. The molecule has 0 radical (unpaired) electrons. The van der Waals surface area contributed by atoms with Gasteiger partial charge in [0.25, 0.3) is 0 Å². The standard InChI is InChI=1S/C30H30N2O4/c1-4-32(30(33)36-27-19-17-26(34-3)18-20-27)21-24-15-13-23(14-16-24)9-8-12-28-22(2)35-29(31-28)25-10-6-5-7-11-25/h5-11,13-20H,4,12,21H2,1-3H3/b9-8-. The third-order valence-electron chi connectivity index (χ3n) is 5.79. The lowest BCUT2D eigenvalue weighted by Gasteiger charge is -2.20. The lowest BCUT2D eigenvalue weighted by molar-refractivity contribution is 0.152. The summed E-state index contributed by atoms with van der Waals surface area (Å²) in [6, 6.07) is 25.0.